The summed E-state index contributed by atoms with van der Waals surface area (Å²) < 4.78 is 12.3. The van der Waals surface area contributed by atoms with Crippen LogP contribution in [-0.2, 0) is 4.79 Å². The molecule has 0 spiro atoms. The molecule has 27 heavy (non-hydrogen) atoms. The molecule has 0 bridgehead atoms. The summed E-state index contributed by atoms with van der Waals surface area (Å²) in [7, 11) is 0. The van der Waals surface area contributed by atoms with Crippen molar-refractivity contribution < 1.29 is 14.1 Å². The zero-order chi connectivity index (χ0) is 18.6. The van der Waals surface area contributed by atoms with Crippen molar-refractivity contribution in [1.82, 2.24) is 30.0 Å². The highest BCUT2D eigenvalue weighted by atomic mass is 16.5. The van der Waals surface area contributed by atoms with Gasteiger partial charge >= 0.3 is 0 Å². The quantitative estimate of drug-likeness (QED) is 0.678. The number of para-hydroxylation sites is 1. The third-order valence-corrected chi connectivity index (χ3v) is 4.50. The molecule has 0 saturated carbocycles. The molecule has 9 heteroatoms. The number of aryl methyl sites for hydroxylation is 1. The molecular weight excluding hydrogens is 348 g/mol. The first kappa shape index (κ1) is 17.2. The second-order valence-corrected chi connectivity index (χ2v) is 6.46. The van der Waals surface area contributed by atoms with Crippen LogP contribution in [0.3, 0.4) is 0 Å². The first-order valence-corrected chi connectivity index (χ1v) is 8.87. The number of nitrogens with zero attached hydrogens (tertiary/aromatic N) is 6. The topological polar surface area (TPSA) is 99.2 Å². The summed E-state index contributed by atoms with van der Waals surface area (Å²) in [6.45, 7) is 3.05. The number of carbonyl (C=O) groups excluding carboxylic acids is 1. The van der Waals surface area contributed by atoms with Gasteiger partial charge in [0.05, 0.1) is 12.2 Å². The average molecular weight is 368 g/mol. The lowest BCUT2D eigenvalue weighted by Crippen LogP contribution is -2.43. The largest absolute Gasteiger partial charge is 0.484 e. The van der Waals surface area contributed by atoms with Crippen LogP contribution in [0.25, 0.3) is 11.5 Å². The van der Waals surface area contributed by atoms with Crippen LogP contribution in [-0.4, -0.2) is 55.6 Å². The Morgan fingerprint density at radius 3 is 2.96 bits per heavy atom. The minimum Gasteiger partial charge on any atom is -0.484 e. The molecule has 0 radical (unpaired) electrons. The number of rotatable bonds is 5. The number of hydrogen-bond donors (Lipinski definition) is 0. The summed E-state index contributed by atoms with van der Waals surface area (Å²) >= 11 is 0. The number of benzene rings is 1. The van der Waals surface area contributed by atoms with Crippen LogP contribution in [0.4, 0.5) is 0 Å². The molecule has 1 saturated heterocycles. The Kier molecular flexibility index (Phi) is 4.82. The van der Waals surface area contributed by atoms with Crippen molar-refractivity contribution in [3.05, 3.63) is 42.4 Å². The Morgan fingerprint density at radius 1 is 1.33 bits per heavy atom. The summed E-state index contributed by atoms with van der Waals surface area (Å²) in [5, 5.41) is 12.2. The fourth-order valence-corrected chi connectivity index (χ4v) is 3.11. The lowest BCUT2D eigenvalue weighted by molar-refractivity contribution is -0.135. The van der Waals surface area contributed by atoms with Crippen molar-refractivity contribution >= 4 is 5.91 Å². The van der Waals surface area contributed by atoms with E-state index < -0.39 is 0 Å². The first-order chi connectivity index (χ1) is 13.2. The Balaban J connectivity index is 1.38. The molecular formula is C18H20N6O3. The van der Waals surface area contributed by atoms with Gasteiger partial charge in [0.1, 0.15) is 5.75 Å². The van der Waals surface area contributed by atoms with Gasteiger partial charge in [-0.25, -0.2) is 4.68 Å². The van der Waals surface area contributed by atoms with Crippen molar-refractivity contribution in [3.63, 3.8) is 0 Å². The number of aromatic nitrogens is 5. The van der Waals surface area contributed by atoms with Gasteiger partial charge in [0.2, 0.25) is 11.7 Å². The van der Waals surface area contributed by atoms with Crippen molar-refractivity contribution in [2.45, 2.75) is 25.8 Å². The highest BCUT2D eigenvalue weighted by molar-refractivity contribution is 5.77. The summed E-state index contributed by atoms with van der Waals surface area (Å²) in [5.41, 5.74) is 0.558. The van der Waals surface area contributed by atoms with Crippen molar-refractivity contribution in [2.75, 3.05) is 19.7 Å². The number of amides is 1. The predicted molar refractivity (Wildman–Crippen MR) is 94.8 cm³/mol. The highest BCUT2D eigenvalue weighted by Crippen LogP contribution is 2.23. The number of carbonyl (C=O) groups is 1. The molecule has 1 atom stereocenters. The molecule has 1 aliphatic heterocycles. The van der Waals surface area contributed by atoms with Gasteiger partial charge in [-0.3, -0.25) is 4.79 Å². The lowest BCUT2D eigenvalue weighted by Gasteiger charge is -2.32. The number of piperidine rings is 1. The Bertz CT molecular complexity index is 907. The average Bonchev–Trinajstić information content (AvgIpc) is 3.36. The van der Waals surface area contributed by atoms with Crippen molar-refractivity contribution in [3.8, 4) is 17.3 Å². The number of hydrogen-bond acceptors (Lipinski definition) is 7. The smallest absolute Gasteiger partial charge is 0.260 e. The van der Waals surface area contributed by atoms with Gasteiger partial charge in [-0.15, -0.1) is 5.10 Å². The van der Waals surface area contributed by atoms with Gasteiger partial charge in [-0.1, -0.05) is 28.6 Å². The van der Waals surface area contributed by atoms with E-state index in [9.17, 15) is 4.79 Å². The van der Waals surface area contributed by atoms with Crippen LogP contribution in [0.15, 0.2) is 41.1 Å². The third kappa shape index (κ3) is 3.97. The van der Waals surface area contributed by atoms with Crippen LogP contribution < -0.4 is 4.74 Å². The van der Waals surface area contributed by atoms with E-state index in [0.717, 1.165) is 19.4 Å². The SMILES string of the molecule is Cc1nc(-c2cn([C@H]3CCCN(C(=O)COc4ccccc4)C3)nn2)no1. The molecule has 4 rings (SSSR count). The molecule has 140 valence electrons. The molecule has 0 N–H and O–H groups in total. The number of likely N-dealkylation sites (tertiary alicyclic amines) is 1. The molecule has 1 aliphatic rings. The van der Waals surface area contributed by atoms with Crippen LogP contribution >= 0.6 is 0 Å². The minimum atomic E-state index is -0.0299. The molecule has 2 aromatic heterocycles. The summed E-state index contributed by atoms with van der Waals surface area (Å²) in [6, 6.07) is 9.40. The van der Waals surface area contributed by atoms with Crippen LogP contribution in [0, 0.1) is 6.92 Å². The molecule has 1 fully saturated rings. The molecule has 3 aromatic rings. The molecule has 9 nitrogen and oxygen atoms in total. The summed E-state index contributed by atoms with van der Waals surface area (Å²) in [4.78, 5) is 18.5. The fourth-order valence-electron chi connectivity index (χ4n) is 3.11. The first-order valence-electron chi connectivity index (χ1n) is 8.87. The van der Waals surface area contributed by atoms with Gasteiger partial charge in [0.25, 0.3) is 5.91 Å². The molecule has 0 unspecified atom stereocenters. The van der Waals surface area contributed by atoms with Crippen molar-refractivity contribution in [1.29, 1.82) is 0 Å². The molecule has 3 heterocycles. The van der Waals surface area contributed by atoms with E-state index in [4.69, 9.17) is 9.26 Å². The Hall–Kier alpha value is -3.23. The predicted octanol–water partition coefficient (Wildman–Crippen LogP) is 1.88. The lowest BCUT2D eigenvalue weighted by atomic mass is 10.1. The highest BCUT2D eigenvalue weighted by Gasteiger charge is 2.26. The van der Waals surface area contributed by atoms with Crippen LogP contribution in [0.2, 0.25) is 0 Å². The Morgan fingerprint density at radius 2 is 2.19 bits per heavy atom. The maximum Gasteiger partial charge on any atom is 0.260 e. The standard InChI is InChI=1S/C18H20N6O3/c1-13-19-18(21-27-13)16-11-24(22-20-16)14-6-5-9-23(10-14)17(25)12-26-15-7-3-2-4-8-15/h2-4,7-8,11,14H,5-6,9-10,12H2,1H3/t14-/m0/s1. The zero-order valence-corrected chi connectivity index (χ0v) is 15.0. The molecule has 0 aliphatic carbocycles. The van der Waals surface area contributed by atoms with Crippen molar-refractivity contribution in [2.24, 2.45) is 0 Å². The van der Waals surface area contributed by atoms with E-state index in [-0.39, 0.29) is 18.6 Å². The zero-order valence-electron chi connectivity index (χ0n) is 15.0. The minimum absolute atomic E-state index is 0.0292. The van der Waals surface area contributed by atoms with Gasteiger partial charge in [0.15, 0.2) is 12.3 Å². The van der Waals surface area contributed by atoms with E-state index >= 15 is 0 Å². The van der Waals surface area contributed by atoms with Gasteiger partial charge < -0.3 is 14.2 Å². The van der Waals surface area contributed by atoms with Crippen LogP contribution in [0.5, 0.6) is 5.75 Å². The normalized spacial score (nSPS) is 17.1. The van der Waals surface area contributed by atoms with E-state index in [1.54, 1.807) is 17.8 Å². The summed E-state index contributed by atoms with van der Waals surface area (Å²) in [6.07, 6.45) is 3.62. The van der Waals surface area contributed by atoms with E-state index in [1.807, 2.05) is 35.2 Å². The van der Waals surface area contributed by atoms with E-state index in [2.05, 4.69) is 20.5 Å². The second kappa shape index (κ2) is 7.56. The monoisotopic (exact) mass is 368 g/mol. The maximum absolute atomic E-state index is 12.5. The van der Waals surface area contributed by atoms with Gasteiger partial charge in [-0.05, 0) is 25.0 Å². The van der Waals surface area contributed by atoms with Crippen LogP contribution in [0.1, 0.15) is 24.8 Å². The molecule has 1 aromatic carbocycles. The molecule has 1 amide bonds. The third-order valence-electron chi connectivity index (χ3n) is 4.50. The van der Waals surface area contributed by atoms with Gasteiger partial charge in [-0.2, -0.15) is 4.98 Å². The Labute approximate surface area is 155 Å². The fraction of sp³-hybridized carbons (Fsp3) is 0.389. The number of ether oxygens (including phenoxy) is 1. The maximum atomic E-state index is 12.5. The second-order valence-electron chi connectivity index (χ2n) is 6.46. The van der Waals surface area contributed by atoms with E-state index in [1.165, 1.54) is 0 Å². The van der Waals surface area contributed by atoms with E-state index in [0.29, 0.717) is 29.7 Å². The summed E-state index contributed by atoms with van der Waals surface area (Å²) in [5.74, 6) is 1.56. The van der Waals surface area contributed by atoms with Gasteiger partial charge in [0, 0.05) is 20.0 Å².